The highest BCUT2D eigenvalue weighted by atomic mass is 35.5. The fourth-order valence-corrected chi connectivity index (χ4v) is 2.90. The van der Waals surface area contributed by atoms with Crippen LogP contribution in [0.1, 0.15) is 35.7 Å². The van der Waals surface area contributed by atoms with Crippen molar-refractivity contribution in [2.24, 2.45) is 4.99 Å². The normalized spacial score (nSPS) is 16.1. The molecule has 2 N–H and O–H groups in total. The van der Waals surface area contributed by atoms with Crippen molar-refractivity contribution in [3.8, 4) is 0 Å². The second kappa shape index (κ2) is 6.85. The van der Waals surface area contributed by atoms with Crippen molar-refractivity contribution in [2.75, 3.05) is 13.6 Å². The number of aromatic nitrogens is 1. The first-order valence-electron chi connectivity index (χ1n) is 8.16. The van der Waals surface area contributed by atoms with Crippen LogP contribution >= 0.6 is 11.6 Å². The van der Waals surface area contributed by atoms with Gasteiger partial charge in [0.05, 0.1) is 12.2 Å². The summed E-state index contributed by atoms with van der Waals surface area (Å²) < 4.78 is 5.58. The van der Waals surface area contributed by atoms with Crippen LogP contribution in [0.2, 0.25) is 5.02 Å². The number of rotatable bonds is 5. The minimum atomic E-state index is 0.193. The Hall–Kier alpha value is -2.01. The summed E-state index contributed by atoms with van der Waals surface area (Å²) in [4.78, 5) is 8.64. The van der Waals surface area contributed by atoms with Crippen molar-refractivity contribution in [2.45, 2.75) is 38.6 Å². The van der Waals surface area contributed by atoms with Crippen molar-refractivity contribution in [3.05, 3.63) is 52.2 Å². The quantitative estimate of drug-likeness (QED) is 0.644. The van der Waals surface area contributed by atoms with E-state index in [0.29, 0.717) is 12.4 Å². The number of nitrogens with zero attached hydrogens (tertiary/aromatic N) is 2. The Labute approximate surface area is 147 Å². The van der Waals surface area contributed by atoms with Gasteiger partial charge in [0.1, 0.15) is 5.76 Å². The van der Waals surface area contributed by atoms with Gasteiger partial charge in [0.25, 0.3) is 0 Å². The monoisotopic (exact) mass is 346 g/mol. The number of hydrogen-bond donors (Lipinski definition) is 2. The molecule has 1 aliphatic rings. The van der Waals surface area contributed by atoms with E-state index >= 15 is 0 Å². The van der Waals surface area contributed by atoms with Crippen molar-refractivity contribution < 1.29 is 4.42 Å². The van der Waals surface area contributed by atoms with Gasteiger partial charge in [0.2, 0.25) is 5.89 Å². The van der Waals surface area contributed by atoms with Gasteiger partial charge in [-0.3, -0.25) is 4.99 Å². The SMILES string of the molecule is CN=C(NCc1nc(C)c(C)o1)NCC1(c2ccc(Cl)cc2)CC1. The molecule has 1 fully saturated rings. The Morgan fingerprint density at radius 2 is 1.96 bits per heavy atom. The number of aliphatic imine (C=N–C) groups is 1. The maximum atomic E-state index is 5.98. The average molecular weight is 347 g/mol. The minimum Gasteiger partial charge on any atom is -0.444 e. The highest BCUT2D eigenvalue weighted by Gasteiger charge is 2.44. The number of halogens is 1. The molecule has 24 heavy (non-hydrogen) atoms. The molecule has 1 heterocycles. The molecular weight excluding hydrogens is 324 g/mol. The topological polar surface area (TPSA) is 62.5 Å². The molecule has 128 valence electrons. The number of aryl methyl sites for hydroxylation is 2. The zero-order valence-electron chi connectivity index (χ0n) is 14.3. The predicted molar refractivity (Wildman–Crippen MR) is 96.5 cm³/mol. The average Bonchev–Trinajstić information content (AvgIpc) is 3.29. The van der Waals surface area contributed by atoms with E-state index in [1.807, 2.05) is 26.0 Å². The van der Waals surface area contributed by atoms with E-state index < -0.39 is 0 Å². The molecule has 1 aliphatic carbocycles. The second-order valence-electron chi connectivity index (χ2n) is 6.32. The molecule has 3 rings (SSSR count). The summed E-state index contributed by atoms with van der Waals surface area (Å²) >= 11 is 5.98. The lowest BCUT2D eigenvalue weighted by molar-refractivity contribution is 0.463. The Morgan fingerprint density at radius 1 is 1.25 bits per heavy atom. The Kier molecular flexibility index (Phi) is 4.81. The molecular formula is C18H23ClN4O. The van der Waals surface area contributed by atoms with Crippen LogP contribution in [0.3, 0.4) is 0 Å². The highest BCUT2D eigenvalue weighted by molar-refractivity contribution is 6.30. The third-order valence-electron chi connectivity index (χ3n) is 4.61. The van der Waals surface area contributed by atoms with Crippen LogP contribution in [0, 0.1) is 13.8 Å². The van der Waals surface area contributed by atoms with E-state index in [2.05, 4.69) is 32.7 Å². The van der Waals surface area contributed by atoms with Gasteiger partial charge < -0.3 is 15.1 Å². The summed E-state index contributed by atoms with van der Waals surface area (Å²) in [6.45, 7) is 5.22. The lowest BCUT2D eigenvalue weighted by atomic mass is 9.96. The largest absolute Gasteiger partial charge is 0.444 e. The van der Waals surface area contributed by atoms with Gasteiger partial charge in [-0.15, -0.1) is 0 Å². The molecule has 1 aromatic carbocycles. The first-order chi connectivity index (χ1) is 11.5. The van der Waals surface area contributed by atoms with Crippen LogP contribution in [0.4, 0.5) is 0 Å². The second-order valence-corrected chi connectivity index (χ2v) is 6.75. The van der Waals surface area contributed by atoms with Gasteiger partial charge in [0.15, 0.2) is 5.96 Å². The lowest BCUT2D eigenvalue weighted by Gasteiger charge is -2.18. The molecule has 1 saturated carbocycles. The third-order valence-corrected chi connectivity index (χ3v) is 4.86. The molecule has 1 aromatic heterocycles. The molecule has 6 heteroatoms. The van der Waals surface area contributed by atoms with Crippen LogP contribution in [-0.2, 0) is 12.0 Å². The van der Waals surface area contributed by atoms with Crippen LogP contribution in [-0.4, -0.2) is 24.5 Å². The maximum Gasteiger partial charge on any atom is 0.214 e. The number of oxazole rings is 1. The standard InChI is InChI=1S/C18H23ClN4O/c1-12-13(2)24-16(23-12)10-21-17(20-3)22-11-18(8-9-18)14-4-6-15(19)7-5-14/h4-7H,8-11H2,1-3H3,(H2,20,21,22). The van der Waals surface area contributed by atoms with Crippen molar-refractivity contribution in [1.82, 2.24) is 15.6 Å². The minimum absolute atomic E-state index is 0.193. The smallest absolute Gasteiger partial charge is 0.214 e. The molecule has 2 aromatic rings. The van der Waals surface area contributed by atoms with Crippen LogP contribution < -0.4 is 10.6 Å². The van der Waals surface area contributed by atoms with Crippen molar-refractivity contribution >= 4 is 17.6 Å². The zero-order valence-corrected chi connectivity index (χ0v) is 15.1. The van der Waals surface area contributed by atoms with Crippen LogP contribution in [0.5, 0.6) is 0 Å². The van der Waals surface area contributed by atoms with Gasteiger partial charge in [-0.1, -0.05) is 23.7 Å². The van der Waals surface area contributed by atoms with Crippen LogP contribution in [0.25, 0.3) is 0 Å². The Bertz CT molecular complexity index is 712. The number of hydrogen-bond acceptors (Lipinski definition) is 3. The Morgan fingerprint density at radius 3 is 2.50 bits per heavy atom. The van der Waals surface area contributed by atoms with Gasteiger partial charge in [-0.25, -0.2) is 4.98 Å². The van der Waals surface area contributed by atoms with Gasteiger partial charge in [-0.2, -0.15) is 0 Å². The fourth-order valence-electron chi connectivity index (χ4n) is 2.77. The fraction of sp³-hybridized carbons (Fsp3) is 0.444. The maximum absolute atomic E-state index is 5.98. The summed E-state index contributed by atoms with van der Waals surface area (Å²) in [6, 6.07) is 8.14. The summed E-state index contributed by atoms with van der Waals surface area (Å²) in [5.41, 5.74) is 2.45. The molecule has 0 atom stereocenters. The van der Waals surface area contributed by atoms with E-state index in [9.17, 15) is 0 Å². The summed E-state index contributed by atoms with van der Waals surface area (Å²) in [7, 11) is 1.77. The molecule has 5 nitrogen and oxygen atoms in total. The molecule has 0 unspecified atom stereocenters. The first kappa shape index (κ1) is 16.8. The highest BCUT2D eigenvalue weighted by Crippen LogP contribution is 2.47. The first-order valence-corrected chi connectivity index (χ1v) is 8.54. The van der Waals surface area contributed by atoms with E-state index in [1.165, 1.54) is 18.4 Å². The predicted octanol–water partition coefficient (Wildman–Crippen LogP) is 3.34. The Balaban J connectivity index is 1.55. The van der Waals surface area contributed by atoms with Crippen molar-refractivity contribution in [1.29, 1.82) is 0 Å². The molecule has 0 spiro atoms. The molecule has 0 aliphatic heterocycles. The van der Waals surface area contributed by atoms with E-state index in [-0.39, 0.29) is 5.41 Å². The molecule has 0 radical (unpaired) electrons. The van der Waals surface area contributed by atoms with E-state index in [1.54, 1.807) is 7.05 Å². The lowest BCUT2D eigenvalue weighted by Crippen LogP contribution is -2.40. The third kappa shape index (κ3) is 3.73. The number of nitrogens with one attached hydrogen (secondary N) is 2. The number of benzene rings is 1. The molecule has 0 saturated heterocycles. The van der Waals surface area contributed by atoms with Gasteiger partial charge >= 0.3 is 0 Å². The molecule has 0 amide bonds. The molecule has 0 bridgehead atoms. The number of guanidine groups is 1. The van der Waals surface area contributed by atoms with E-state index in [4.69, 9.17) is 16.0 Å². The van der Waals surface area contributed by atoms with Gasteiger partial charge in [-0.05, 0) is 44.4 Å². The summed E-state index contributed by atoms with van der Waals surface area (Å²) in [6.07, 6.45) is 2.35. The summed E-state index contributed by atoms with van der Waals surface area (Å²) in [5, 5.41) is 7.44. The zero-order chi connectivity index (χ0) is 17.2. The van der Waals surface area contributed by atoms with Gasteiger partial charge in [0, 0.05) is 24.0 Å². The van der Waals surface area contributed by atoms with E-state index in [0.717, 1.165) is 29.0 Å². The summed E-state index contributed by atoms with van der Waals surface area (Å²) in [5.74, 6) is 2.28. The van der Waals surface area contributed by atoms with Crippen molar-refractivity contribution in [3.63, 3.8) is 0 Å². The van der Waals surface area contributed by atoms with Crippen LogP contribution in [0.15, 0.2) is 33.7 Å².